The van der Waals surface area contributed by atoms with Gasteiger partial charge >= 0.3 is 0 Å². The number of rotatable bonds is 5. The SMILES string of the molecule is Cc1ccc(NC(=O)C2CCN(C(=O)C(C)C(N)c3ccccc3)CC2)nc1.Cl.Cl. The Hall–Kier alpha value is -2.15. The lowest BCUT2D eigenvalue weighted by Gasteiger charge is -2.34. The molecule has 0 saturated carbocycles. The minimum Gasteiger partial charge on any atom is -0.342 e. The highest BCUT2D eigenvalue weighted by Gasteiger charge is 2.31. The second-order valence-corrected chi connectivity index (χ2v) is 7.53. The smallest absolute Gasteiger partial charge is 0.228 e. The number of carbonyl (C=O) groups excluding carboxylic acids is 2. The van der Waals surface area contributed by atoms with Crippen LogP contribution < -0.4 is 11.1 Å². The van der Waals surface area contributed by atoms with Gasteiger partial charge in [-0.2, -0.15) is 0 Å². The van der Waals surface area contributed by atoms with Crippen molar-refractivity contribution in [2.24, 2.45) is 17.6 Å². The average molecular weight is 453 g/mol. The minimum absolute atomic E-state index is 0. The first kappa shape index (κ1) is 25.9. The van der Waals surface area contributed by atoms with Crippen LogP contribution in [0.1, 0.15) is 36.9 Å². The Bertz CT molecular complexity index is 810. The van der Waals surface area contributed by atoms with Gasteiger partial charge in [-0.25, -0.2) is 4.98 Å². The van der Waals surface area contributed by atoms with Gasteiger partial charge in [-0.15, -0.1) is 24.8 Å². The van der Waals surface area contributed by atoms with Gasteiger partial charge in [0.05, 0.1) is 5.92 Å². The van der Waals surface area contributed by atoms with Crippen LogP contribution in [0.15, 0.2) is 48.7 Å². The summed E-state index contributed by atoms with van der Waals surface area (Å²) in [6.07, 6.45) is 3.03. The van der Waals surface area contributed by atoms with Gasteiger partial charge < -0.3 is 16.0 Å². The second-order valence-electron chi connectivity index (χ2n) is 7.53. The van der Waals surface area contributed by atoms with E-state index in [2.05, 4.69) is 10.3 Å². The van der Waals surface area contributed by atoms with Crippen molar-refractivity contribution >= 4 is 42.4 Å². The van der Waals surface area contributed by atoms with Gasteiger partial charge in [0.1, 0.15) is 5.82 Å². The molecule has 1 aliphatic rings. The third kappa shape index (κ3) is 6.42. The largest absolute Gasteiger partial charge is 0.342 e. The summed E-state index contributed by atoms with van der Waals surface area (Å²) in [6.45, 7) is 4.98. The Labute approximate surface area is 190 Å². The molecule has 2 amide bonds. The molecule has 0 bridgehead atoms. The maximum absolute atomic E-state index is 12.8. The van der Waals surface area contributed by atoms with E-state index in [4.69, 9.17) is 5.73 Å². The van der Waals surface area contributed by atoms with Crippen LogP contribution >= 0.6 is 24.8 Å². The lowest BCUT2D eigenvalue weighted by Crippen LogP contribution is -2.45. The lowest BCUT2D eigenvalue weighted by atomic mass is 9.91. The summed E-state index contributed by atoms with van der Waals surface area (Å²) in [7, 11) is 0. The van der Waals surface area contributed by atoms with E-state index in [1.807, 2.05) is 55.1 Å². The number of halogens is 2. The van der Waals surface area contributed by atoms with Crippen LogP contribution in [0.4, 0.5) is 5.82 Å². The van der Waals surface area contributed by atoms with Crippen LogP contribution in [0.25, 0.3) is 0 Å². The fourth-order valence-corrected chi connectivity index (χ4v) is 3.54. The highest BCUT2D eigenvalue weighted by atomic mass is 35.5. The summed E-state index contributed by atoms with van der Waals surface area (Å²) in [5.74, 6) is 0.180. The van der Waals surface area contributed by atoms with E-state index >= 15 is 0 Å². The first-order chi connectivity index (χ1) is 13.5. The second kappa shape index (κ2) is 11.9. The van der Waals surface area contributed by atoms with E-state index < -0.39 is 0 Å². The zero-order valence-electron chi connectivity index (χ0n) is 17.3. The Morgan fingerprint density at radius 1 is 1.10 bits per heavy atom. The predicted molar refractivity (Wildman–Crippen MR) is 124 cm³/mol. The highest BCUT2D eigenvalue weighted by molar-refractivity contribution is 5.92. The van der Waals surface area contributed by atoms with Crippen molar-refractivity contribution in [1.29, 1.82) is 0 Å². The number of aromatic nitrogens is 1. The number of amides is 2. The van der Waals surface area contributed by atoms with Gasteiger partial charge in [-0.1, -0.05) is 43.3 Å². The number of anilines is 1. The van der Waals surface area contributed by atoms with Crippen LogP contribution in [0.3, 0.4) is 0 Å². The molecule has 1 fully saturated rings. The van der Waals surface area contributed by atoms with E-state index in [1.165, 1.54) is 0 Å². The van der Waals surface area contributed by atoms with Crippen molar-refractivity contribution in [2.75, 3.05) is 18.4 Å². The lowest BCUT2D eigenvalue weighted by molar-refractivity contribution is -0.138. The van der Waals surface area contributed by atoms with E-state index in [-0.39, 0.29) is 54.5 Å². The Kier molecular flexibility index (Phi) is 10.3. The third-order valence-corrected chi connectivity index (χ3v) is 5.45. The topological polar surface area (TPSA) is 88.3 Å². The highest BCUT2D eigenvalue weighted by Crippen LogP contribution is 2.25. The van der Waals surface area contributed by atoms with Crippen LogP contribution in [-0.4, -0.2) is 34.8 Å². The average Bonchev–Trinajstić information content (AvgIpc) is 2.74. The molecule has 3 rings (SSSR count). The Morgan fingerprint density at radius 2 is 1.73 bits per heavy atom. The van der Waals surface area contributed by atoms with Crippen LogP contribution in [0.2, 0.25) is 0 Å². The minimum atomic E-state index is -0.331. The van der Waals surface area contributed by atoms with Gasteiger partial charge in [0, 0.05) is 31.2 Å². The van der Waals surface area contributed by atoms with Gasteiger partial charge in [0.15, 0.2) is 0 Å². The van der Waals surface area contributed by atoms with Crippen LogP contribution in [-0.2, 0) is 9.59 Å². The molecule has 2 aromatic rings. The third-order valence-electron chi connectivity index (χ3n) is 5.45. The number of hydrogen-bond donors (Lipinski definition) is 2. The molecular weight excluding hydrogens is 423 g/mol. The van der Waals surface area contributed by atoms with Crippen molar-refractivity contribution in [3.05, 3.63) is 59.8 Å². The molecule has 30 heavy (non-hydrogen) atoms. The molecule has 164 valence electrons. The molecule has 0 spiro atoms. The maximum atomic E-state index is 12.8. The molecule has 3 N–H and O–H groups in total. The molecule has 6 nitrogen and oxygen atoms in total. The fraction of sp³-hybridized carbons (Fsp3) is 0.409. The van der Waals surface area contributed by atoms with Gasteiger partial charge in [-0.3, -0.25) is 9.59 Å². The number of benzene rings is 1. The Balaban J connectivity index is 0.00000225. The van der Waals surface area contributed by atoms with E-state index in [0.29, 0.717) is 31.7 Å². The maximum Gasteiger partial charge on any atom is 0.228 e. The first-order valence-corrected chi connectivity index (χ1v) is 9.78. The number of nitrogens with two attached hydrogens (primary N) is 1. The first-order valence-electron chi connectivity index (χ1n) is 9.78. The van der Waals surface area contributed by atoms with E-state index in [9.17, 15) is 9.59 Å². The van der Waals surface area contributed by atoms with Crippen LogP contribution in [0.5, 0.6) is 0 Å². The summed E-state index contributed by atoms with van der Waals surface area (Å²) in [4.78, 5) is 31.4. The quantitative estimate of drug-likeness (QED) is 0.722. The van der Waals surface area contributed by atoms with E-state index in [0.717, 1.165) is 11.1 Å². The zero-order chi connectivity index (χ0) is 20.1. The number of likely N-dealkylation sites (tertiary alicyclic amines) is 1. The molecule has 1 aromatic carbocycles. The van der Waals surface area contributed by atoms with Crippen molar-refractivity contribution in [1.82, 2.24) is 9.88 Å². The molecule has 1 saturated heterocycles. The monoisotopic (exact) mass is 452 g/mol. The molecule has 2 atom stereocenters. The standard InChI is InChI=1S/C22H28N4O2.2ClH/c1-15-8-9-19(24-14-15)25-21(27)18-10-12-26(13-11-18)22(28)16(2)20(23)17-6-4-3-5-7-17;;/h3-9,14,16,18,20H,10-13,23H2,1-2H3,(H,24,25,27);2*1H. The molecule has 0 radical (unpaired) electrons. The fourth-order valence-electron chi connectivity index (χ4n) is 3.54. The number of piperidine rings is 1. The summed E-state index contributed by atoms with van der Waals surface area (Å²) < 4.78 is 0. The number of aryl methyl sites for hydroxylation is 1. The molecule has 8 heteroatoms. The summed E-state index contributed by atoms with van der Waals surface area (Å²) in [6, 6.07) is 13.1. The number of nitrogens with zero attached hydrogens (tertiary/aromatic N) is 2. The molecule has 0 aliphatic carbocycles. The summed E-state index contributed by atoms with van der Waals surface area (Å²) in [5, 5.41) is 2.87. The van der Waals surface area contributed by atoms with E-state index in [1.54, 1.807) is 12.3 Å². The van der Waals surface area contributed by atoms with Crippen molar-refractivity contribution in [3.63, 3.8) is 0 Å². The molecule has 1 aromatic heterocycles. The predicted octanol–water partition coefficient (Wildman–Crippen LogP) is 3.75. The normalized spacial score (nSPS) is 15.9. The van der Waals surface area contributed by atoms with Crippen LogP contribution in [0, 0.1) is 18.8 Å². The van der Waals surface area contributed by atoms with Crippen molar-refractivity contribution in [2.45, 2.75) is 32.7 Å². The van der Waals surface area contributed by atoms with Gasteiger partial charge in [0.25, 0.3) is 0 Å². The number of nitrogens with one attached hydrogen (secondary N) is 1. The number of hydrogen-bond acceptors (Lipinski definition) is 4. The van der Waals surface area contributed by atoms with Crippen molar-refractivity contribution in [3.8, 4) is 0 Å². The van der Waals surface area contributed by atoms with Crippen molar-refractivity contribution < 1.29 is 9.59 Å². The van der Waals surface area contributed by atoms with Gasteiger partial charge in [0.2, 0.25) is 11.8 Å². The Morgan fingerprint density at radius 3 is 2.30 bits per heavy atom. The van der Waals surface area contributed by atoms with Gasteiger partial charge in [-0.05, 0) is 37.0 Å². The molecular formula is C22H30Cl2N4O2. The molecule has 1 aliphatic heterocycles. The molecule has 2 unspecified atom stereocenters. The summed E-state index contributed by atoms with van der Waals surface area (Å²) >= 11 is 0. The number of pyridine rings is 1. The zero-order valence-corrected chi connectivity index (χ0v) is 18.9. The number of carbonyl (C=O) groups is 2. The summed E-state index contributed by atoms with van der Waals surface area (Å²) in [5.41, 5.74) is 8.31. The molecule has 2 heterocycles.